The van der Waals surface area contributed by atoms with Gasteiger partial charge in [-0.05, 0) is 52.9 Å². The maximum Gasteiger partial charge on any atom is 0.415 e. The first-order chi connectivity index (χ1) is 16.6. The summed E-state index contributed by atoms with van der Waals surface area (Å²) in [5, 5.41) is 13.8. The Bertz CT molecular complexity index is 1360. The molecule has 0 saturated carbocycles. The molecule has 1 aromatic heterocycles. The lowest BCUT2D eigenvalue weighted by Gasteiger charge is -2.26. The summed E-state index contributed by atoms with van der Waals surface area (Å²) in [6, 6.07) is 21.9. The molecular weight excluding hydrogens is 428 g/mol. The molecule has 0 spiro atoms. The summed E-state index contributed by atoms with van der Waals surface area (Å²) < 4.78 is 13.0. The first-order valence-corrected chi connectivity index (χ1v) is 11.3. The summed E-state index contributed by atoms with van der Waals surface area (Å²) in [6.07, 6.45) is 5.62. The molecule has 0 amide bonds. The molecule has 0 bridgehead atoms. The minimum Gasteiger partial charge on any atom is -0.493 e. The number of benzene rings is 3. The van der Waals surface area contributed by atoms with E-state index in [1.54, 1.807) is 19.4 Å². The van der Waals surface area contributed by atoms with Crippen LogP contribution in [0.1, 0.15) is 28.3 Å². The summed E-state index contributed by atoms with van der Waals surface area (Å²) in [7, 11) is 1.66. The van der Waals surface area contributed by atoms with Gasteiger partial charge in [0.2, 0.25) is 0 Å². The maximum atomic E-state index is 11.5. The van der Waals surface area contributed by atoms with Gasteiger partial charge < -0.3 is 19.9 Å². The Kier molecular flexibility index (Phi) is 6.06. The van der Waals surface area contributed by atoms with Gasteiger partial charge in [0.25, 0.3) is 0 Å². The fourth-order valence-electron chi connectivity index (χ4n) is 4.40. The fraction of sp³-hybridized carbons (Fsp3) is 0.179. The average molecular weight is 455 g/mol. The Morgan fingerprint density at radius 2 is 1.97 bits per heavy atom. The van der Waals surface area contributed by atoms with Gasteiger partial charge >= 0.3 is 6.09 Å². The van der Waals surface area contributed by atoms with Gasteiger partial charge in [0.1, 0.15) is 6.61 Å². The number of nitrogens with one attached hydrogen (secondary N) is 1. The second kappa shape index (κ2) is 9.45. The standard InChI is InChI=1S/C28H26N2O4/c1-33-26-17-23-22(16-27(26)34-18-20-5-3-2-4-6-20)11-13-29-24(23)10-8-19-7-9-21-12-14-30(28(31)32)25(21)15-19/h2-10,12,14-17,24,29H,11,13,18H2,1H3,(H,31,32)/b10-8+. The molecule has 0 saturated heterocycles. The number of rotatable bonds is 6. The van der Waals surface area contributed by atoms with Crippen LogP contribution in [0.5, 0.6) is 11.5 Å². The Morgan fingerprint density at radius 1 is 1.12 bits per heavy atom. The van der Waals surface area contributed by atoms with E-state index in [9.17, 15) is 9.90 Å². The van der Waals surface area contributed by atoms with Crippen molar-refractivity contribution >= 4 is 23.1 Å². The molecule has 34 heavy (non-hydrogen) atoms. The van der Waals surface area contributed by atoms with E-state index in [4.69, 9.17) is 9.47 Å². The fourth-order valence-corrected chi connectivity index (χ4v) is 4.40. The summed E-state index contributed by atoms with van der Waals surface area (Å²) in [6.45, 7) is 1.34. The Morgan fingerprint density at radius 3 is 2.76 bits per heavy atom. The third-order valence-electron chi connectivity index (χ3n) is 6.16. The van der Waals surface area contributed by atoms with Crippen molar-refractivity contribution in [1.29, 1.82) is 0 Å². The van der Waals surface area contributed by atoms with E-state index in [0.717, 1.165) is 40.8 Å². The zero-order chi connectivity index (χ0) is 23.5. The lowest BCUT2D eigenvalue weighted by atomic mass is 9.93. The van der Waals surface area contributed by atoms with Crippen LogP contribution in [-0.4, -0.2) is 29.4 Å². The van der Waals surface area contributed by atoms with E-state index in [1.165, 1.54) is 10.1 Å². The highest BCUT2D eigenvalue weighted by molar-refractivity contribution is 5.90. The van der Waals surface area contributed by atoms with E-state index in [2.05, 4.69) is 23.5 Å². The normalized spacial score (nSPS) is 15.4. The summed E-state index contributed by atoms with van der Waals surface area (Å²) in [5.41, 5.74) is 5.11. The van der Waals surface area contributed by atoms with Gasteiger partial charge in [0.05, 0.1) is 18.7 Å². The number of hydrogen-bond donors (Lipinski definition) is 2. The molecule has 1 unspecified atom stereocenters. The van der Waals surface area contributed by atoms with Crippen LogP contribution in [0.4, 0.5) is 4.79 Å². The molecule has 3 aromatic carbocycles. The molecule has 6 nitrogen and oxygen atoms in total. The van der Waals surface area contributed by atoms with Gasteiger partial charge in [-0.3, -0.25) is 4.57 Å². The number of fused-ring (bicyclic) bond motifs is 2. The van der Waals surface area contributed by atoms with Crippen molar-refractivity contribution in [1.82, 2.24) is 9.88 Å². The molecule has 0 aliphatic carbocycles. The second-order valence-corrected chi connectivity index (χ2v) is 8.30. The van der Waals surface area contributed by atoms with Gasteiger partial charge in [-0.15, -0.1) is 0 Å². The molecule has 1 aliphatic rings. The van der Waals surface area contributed by atoms with Crippen LogP contribution in [-0.2, 0) is 13.0 Å². The molecule has 2 heterocycles. The van der Waals surface area contributed by atoms with Crippen molar-refractivity contribution < 1.29 is 19.4 Å². The second-order valence-electron chi connectivity index (χ2n) is 8.30. The van der Waals surface area contributed by atoms with Crippen molar-refractivity contribution in [2.75, 3.05) is 13.7 Å². The molecule has 6 heteroatoms. The topological polar surface area (TPSA) is 72.7 Å². The smallest absolute Gasteiger partial charge is 0.415 e. The van der Waals surface area contributed by atoms with Crippen LogP contribution in [0.15, 0.2) is 79.0 Å². The SMILES string of the molecule is COc1cc2c(cc1OCc1ccccc1)CCNC2/C=C/c1ccc2ccn(C(=O)O)c2c1. The average Bonchev–Trinajstić information content (AvgIpc) is 3.30. The van der Waals surface area contributed by atoms with E-state index in [-0.39, 0.29) is 6.04 Å². The molecule has 2 N–H and O–H groups in total. The molecule has 5 rings (SSSR count). The summed E-state index contributed by atoms with van der Waals surface area (Å²) >= 11 is 0. The first-order valence-electron chi connectivity index (χ1n) is 11.3. The third kappa shape index (κ3) is 4.40. The van der Waals surface area contributed by atoms with E-state index < -0.39 is 6.09 Å². The number of aromatic nitrogens is 1. The highest BCUT2D eigenvalue weighted by Gasteiger charge is 2.21. The highest BCUT2D eigenvalue weighted by Crippen LogP contribution is 2.36. The maximum absolute atomic E-state index is 11.5. The number of ether oxygens (including phenoxy) is 2. The largest absolute Gasteiger partial charge is 0.493 e. The third-order valence-corrected chi connectivity index (χ3v) is 6.16. The van der Waals surface area contributed by atoms with Crippen molar-refractivity contribution in [3.8, 4) is 11.5 Å². The van der Waals surface area contributed by atoms with Crippen molar-refractivity contribution in [3.63, 3.8) is 0 Å². The van der Waals surface area contributed by atoms with Crippen LogP contribution in [0.3, 0.4) is 0 Å². The lowest BCUT2D eigenvalue weighted by Crippen LogP contribution is -2.28. The van der Waals surface area contributed by atoms with Gasteiger partial charge in [0, 0.05) is 18.1 Å². The Hall–Kier alpha value is -4.03. The molecule has 172 valence electrons. The number of carboxylic acid groups (broad SMARTS) is 1. The highest BCUT2D eigenvalue weighted by atomic mass is 16.5. The monoisotopic (exact) mass is 454 g/mol. The molecule has 0 radical (unpaired) electrons. The van der Waals surface area contributed by atoms with E-state index >= 15 is 0 Å². The zero-order valence-electron chi connectivity index (χ0n) is 18.9. The molecule has 1 aliphatic heterocycles. The van der Waals surface area contributed by atoms with Crippen molar-refractivity contribution in [2.45, 2.75) is 19.1 Å². The van der Waals surface area contributed by atoms with Gasteiger partial charge in [-0.1, -0.05) is 54.6 Å². The van der Waals surface area contributed by atoms with Crippen LogP contribution in [0.2, 0.25) is 0 Å². The van der Waals surface area contributed by atoms with Crippen LogP contribution < -0.4 is 14.8 Å². The minimum absolute atomic E-state index is 0.0165. The molecular formula is C28H26N2O4. The number of nitrogens with zero attached hydrogens (tertiary/aromatic N) is 1. The predicted octanol–water partition coefficient (Wildman–Crippen LogP) is 5.66. The minimum atomic E-state index is -0.989. The summed E-state index contributed by atoms with van der Waals surface area (Å²) in [5.74, 6) is 1.45. The zero-order valence-corrected chi connectivity index (χ0v) is 18.9. The quantitative estimate of drug-likeness (QED) is 0.394. The van der Waals surface area contributed by atoms with Crippen LogP contribution >= 0.6 is 0 Å². The predicted molar refractivity (Wildman–Crippen MR) is 133 cm³/mol. The number of hydrogen-bond acceptors (Lipinski definition) is 4. The molecule has 1 atom stereocenters. The van der Waals surface area contributed by atoms with Gasteiger partial charge in [-0.25, -0.2) is 4.79 Å². The molecule has 0 fully saturated rings. The van der Waals surface area contributed by atoms with Crippen LogP contribution in [0.25, 0.3) is 17.0 Å². The van der Waals surface area contributed by atoms with Crippen molar-refractivity contribution in [2.24, 2.45) is 0 Å². The van der Waals surface area contributed by atoms with Crippen LogP contribution in [0, 0.1) is 0 Å². The van der Waals surface area contributed by atoms with Gasteiger partial charge in [0.15, 0.2) is 11.5 Å². The van der Waals surface area contributed by atoms with E-state index in [0.29, 0.717) is 17.9 Å². The summed E-state index contributed by atoms with van der Waals surface area (Å²) in [4.78, 5) is 11.5. The first kappa shape index (κ1) is 21.8. The van der Waals surface area contributed by atoms with E-state index in [1.807, 2.05) is 54.6 Å². The molecule has 4 aromatic rings. The Labute approximate surface area is 198 Å². The number of carbonyl (C=O) groups is 1. The van der Waals surface area contributed by atoms with Gasteiger partial charge in [-0.2, -0.15) is 0 Å². The Balaban J connectivity index is 1.40. The van der Waals surface area contributed by atoms with Crippen molar-refractivity contribution in [3.05, 3.63) is 101 Å². The lowest BCUT2D eigenvalue weighted by molar-refractivity contribution is 0.197. The number of methoxy groups -OCH3 is 1.